The van der Waals surface area contributed by atoms with Crippen molar-refractivity contribution in [2.75, 3.05) is 57.8 Å². The minimum Gasteiger partial charge on any atom is -0.380 e. The molecule has 0 radical (unpaired) electrons. The van der Waals surface area contributed by atoms with Gasteiger partial charge in [-0.1, -0.05) is 19.1 Å². The maximum Gasteiger partial charge on any atom is 0.254 e. The van der Waals surface area contributed by atoms with Gasteiger partial charge in [0.25, 0.3) is 5.91 Å². The second-order valence-corrected chi connectivity index (χ2v) is 10.5. The highest BCUT2D eigenvalue weighted by molar-refractivity contribution is 5.88. The second-order valence-electron chi connectivity index (χ2n) is 10.5. The molecule has 2 atom stereocenters. The van der Waals surface area contributed by atoms with E-state index in [1.807, 2.05) is 4.90 Å². The molecule has 1 N–H and O–H groups in total. The fourth-order valence-corrected chi connectivity index (χ4v) is 5.94. The minimum atomic E-state index is -1.12. The SMILES string of the molecule is CCCN1CC(c2ccc3c(c2)CCN3C)CCC1C(=O)N1CCN(C(=O)C2(O)CC2)CC1. The van der Waals surface area contributed by atoms with Crippen molar-refractivity contribution in [3.63, 3.8) is 0 Å². The van der Waals surface area contributed by atoms with Crippen LogP contribution in [0.5, 0.6) is 0 Å². The Hall–Kier alpha value is -2.12. The maximum atomic E-state index is 13.5. The van der Waals surface area contributed by atoms with E-state index < -0.39 is 5.60 Å². The first-order valence-electron chi connectivity index (χ1n) is 12.8. The highest BCUT2D eigenvalue weighted by Crippen LogP contribution is 2.38. The van der Waals surface area contributed by atoms with Crippen LogP contribution >= 0.6 is 0 Å². The van der Waals surface area contributed by atoms with Crippen molar-refractivity contribution in [3.05, 3.63) is 29.3 Å². The Balaban J connectivity index is 1.21. The molecule has 3 aliphatic heterocycles. The Morgan fingerprint density at radius 3 is 2.48 bits per heavy atom. The van der Waals surface area contributed by atoms with Gasteiger partial charge in [0.1, 0.15) is 5.60 Å². The molecule has 3 fully saturated rings. The van der Waals surface area contributed by atoms with Gasteiger partial charge >= 0.3 is 0 Å². The molecule has 1 aromatic rings. The van der Waals surface area contributed by atoms with Gasteiger partial charge in [-0.3, -0.25) is 14.5 Å². The minimum absolute atomic E-state index is 0.0587. The first kappa shape index (κ1) is 22.7. The lowest BCUT2D eigenvalue weighted by molar-refractivity contribution is -0.149. The van der Waals surface area contributed by atoms with Crippen LogP contribution in [0.25, 0.3) is 0 Å². The molecule has 3 heterocycles. The van der Waals surface area contributed by atoms with Crippen LogP contribution in [-0.4, -0.2) is 96.1 Å². The number of likely N-dealkylation sites (tertiary alicyclic amines) is 1. The van der Waals surface area contributed by atoms with Crippen LogP contribution < -0.4 is 4.90 Å². The Labute approximate surface area is 197 Å². The average Bonchev–Trinajstić information content (AvgIpc) is 3.49. The number of likely N-dealkylation sites (N-methyl/N-ethyl adjacent to an activating group) is 1. The third-order valence-electron chi connectivity index (χ3n) is 8.18. The van der Waals surface area contributed by atoms with E-state index in [0.717, 1.165) is 45.3 Å². The summed E-state index contributed by atoms with van der Waals surface area (Å²) in [5, 5.41) is 10.1. The number of piperazine rings is 1. The Morgan fingerprint density at radius 2 is 1.79 bits per heavy atom. The van der Waals surface area contributed by atoms with Gasteiger partial charge in [-0.25, -0.2) is 0 Å². The molecule has 1 saturated carbocycles. The lowest BCUT2D eigenvalue weighted by atomic mass is 9.85. The van der Waals surface area contributed by atoms with Crippen LogP contribution in [0.3, 0.4) is 0 Å². The summed E-state index contributed by atoms with van der Waals surface area (Å²) in [7, 11) is 2.16. The predicted molar refractivity (Wildman–Crippen MR) is 128 cm³/mol. The van der Waals surface area contributed by atoms with Crippen LogP contribution in [-0.2, 0) is 16.0 Å². The Kier molecular flexibility index (Phi) is 6.12. The van der Waals surface area contributed by atoms with Crippen molar-refractivity contribution in [3.8, 4) is 0 Å². The summed E-state index contributed by atoms with van der Waals surface area (Å²) in [6.07, 6.45) is 5.22. The molecule has 0 spiro atoms. The number of hydrogen-bond donors (Lipinski definition) is 1. The monoisotopic (exact) mass is 454 g/mol. The number of nitrogens with zero attached hydrogens (tertiary/aromatic N) is 4. The maximum absolute atomic E-state index is 13.5. The molecular formula is C26H38N4O3. The van der Waals surface area contributed by atoms with Crippen molar-refractivity contribution in [2.45, 2.75) is 63.0 Å². The number of hydrogen-bond acceptors (Lipinski definition) is 5. The van der Waals surface area contributed by atoms with E-state index in [2.05, 4.69) is 42.0 Å². The van der Waals surface area contributed by atoms with Gasteiger partial charge in [-0.05, 0) is 68.2 Å². The normalized spacial score (nSPS) is 26.9. The third-order valence-corrected chi connectivity index (χ3v) is 8.18. The molecule has 2 amide bonds. The number of amides is 2. The zero-order valence-corrected chi connectivity index (χ0v) is 20.1. The van der Waals surface area contributed by atoms with Gasteiger partial charge in [0.15, 0.2) is 0 Å². The molecule has 1 aromatic carbocycles. The Bertz CT molecular complexity index is 907. The summed E-state index contributed by atoms with van der Waals surface area (Å²) in [4.78, 5) is 34.3. The summed E-state index contributed by atoms with van der Waals surface area (Å²) < 4.78 is 0. The molecule has 1 aliphatic carbocycles. The lowest BCUT2D eigenvalue weighted by Gasteiger charge is -2.43. The van der Waals surface area contributed by atoms with Gasteiger partial charge in [0.2, 0.25) is 5.91 Å². The highest BCUT2D eigenvalue weighted by Gasteiger charge is 2.50. The number of rotatable bonds is 5. The number of carbonyl (C=O) groups is 2. The Morgan fingerprint density at radius 1 is 1.06 bits per heavy atom. The summed E-state index contributed by atoms with van der Waals surface area (Å²) in [6, 6.07) is 6.91. The van der Waals surface area contributed by atoms with E-state index in [1.165, 1.54) is 16.8 Å². The van der Waals surface area contributed by atoms with Crippen LogP contribution in [0, 0.1) is 0 Å². The molecule has 0 bridgehead atoms. The van der Waals surface area contributed by atoms with Crippen molar-refractivity contribution in [1.29, 1.82) is 0 Å². The largest absolute Gasteiger partial charge is 0.380 e. The average molecular weight is 455 g/mol. The van der Waals surface area contributed by atoms with Crippen LogP contribution in [0.2, 0.25) is 0 Å². The molecule has 7 nitrogen and oxygen atoms in total. The van der Waals surface area contributed by atoms with Gasteiger partial charge < -0.3 is 19.8 Å². The van der Waals surface area contributed by atoms with E-state index in [4.69, 9.17) is 0 Å². The number of aliphatic hydroxyl groups is 1. The van der Waals surface area contributed by atoms with Gasteiger partial charge in [0, 0.05) is 52.0 Å². The molecule has 5 rings (SSSR count). The molecule has 33 heavy (non-hydrogen) atoms. The number of carbonyl (C=O) groups excluding carboxylic acids is 2. The number of fused-ring (bicyclic) bond motifs is 1. The van der Waals surface area contributed by atoms with Crippen LogP contribution in [0.1, 0.15) is 56.1 Å². The smallest absolute Gasteiger partial charge is 0.254 e. The summed E-state index contributed by atoms with van der Waals surface area (Å²) >= 11 is 0. The molecule has 4 aliphatic rings. The second kappa shape index (κ2) is 8.91. The summed E-state index contributed by atoms with van der Waals surface area (Å²) in [5.74, 6) is 0.545. The van der Waals surface area contributed by atoms with Gasteiger partial charge in [0.05, 0.1) is 6.04 Å². The molecule has 180 valence electrons. The topological polar surface area (TPSA) is 67.3 Å². The van der Waals surface area contributed by atoms with Crippen molar-refractivity contribution >= 4 is 17.5 Å². The van der Waals surface area contributed by atoms with E-state index >= 15 is 0 Å². The van der Waals surface area contributed by atoms with Crippen molar-refractivity contribution in [2.24, 2.45) is 0 Å². The lowest BCUT2D eigenvalue weighted by Crippen LogP contribution is -2.58. The summed E-state index contributed by atoms with van der Waals surface area (Å²) in [6.45, 7) is 7.34. The molecule has 7 heteroatoms. The fraction of sp³-hybridized carbons (Fsp3) is 0.692. The van der Waals surface area contributed by atoms with Crippen molar-refractivity contribution in [1.82, 2.24) is 14.7 Å². The first-order valence-corrected chi connectivity index (χ1v) is 12.8. The van der Waals surface area contributed by atoms with E-state index in [9.17, 15) is 14.7 Å². The van der Waals surface area contributed by atoms with E-state index in [-0.39, 0.29) is 17.9 Å². The molecular weight excluding hydrogens is 416 g/mol. The van der Waals surface area contributed by atoms with Crippen LogP contribution in [0.15, 0.2) is 18.2 Å². The van der Waals surface area contributed by atoms with Gasteiger partial charge in [-0.15, -0.1) is 0 Å². The quantitative estimate of drug-likeness (QED) is 0.735. The molecule has 2 unspecified atom stereocenters. The fourth-order valence-electron chi connectivity index (χ4n) is 5.94. The highest BCUT2D eigenvalue weighted by atomic mass is 16.3. The number of piperidine rings is 1. The molecule has 0 aromatic heterocycles. The predicted octanol–water partition coefficient (Wildman–Crippen LogP) is 1.83. The van der Waals surface area contributed by atoms with E-state index in [0.29, 0.717) is 44.9 Å². The molecule has 2 saturated heterocycles. The zero-order chi connectivity index (χ0) is 23.2. The first-order chi connectivity index (χ1) is 15.9. The van der Waals surface area contributed by atoms with Crippen LogP contribution in [0.4, 0.5) is 5.69 Å². The van der Waals surface area contributed by atoms with E-state index in [1.54, 1.807) is 4.90 Å². The van der Waals surface area contributed by atoms with Crippen molar-refractivity contribution < 1.29 is 14.7 Å². The number of anilines is 1. The standard InChI is InChI=1S/C26H38N4O3/c1-3-11-30-18-21(19-4-6-22-20(17-19)8-12-27(22)2)5-7-23(30)24(31)28-13-15-29(16-14-28)25(32)26(33)9-10-26/h4,6,17,21,23,33H,3,5,7-16,18H2,1-2H3. The zero-order valence-electron chi connectivity index (χ0n) is 20.1. The summed E-state index contributed by atoms with van der Waals surface area (Å²) in [5.41, 5.74) is 3.12. The third kappa shape index (κ3) is 4.37. The van der Waals surface area contributed by atoms with Gasteiger partial charge in [-0.2, -0.15) is 0 Å². The number of benzene rings is 1.